The van der Waals surface area contributed by atoms with Crippen molar-refractivity contribution in [3.63, 3.8) is 0 Å². The minimum Gasteiger partial charge on any atom is -0.348 e. The number of benzene rings is 1. The largest absolute Gasteiger partial charge is 0.348 e. The molecular formula is C14H21FN2O. The highest BCUT2D eigenvalue weighted by Crippen LogP contribution is 2.19. The first-order chi connectivity index (χ1) is 8.21. The minimum atomic E-state index is -0.569. The second-order valence-corrected chi connectivity index (χ2v) is 5.63. The predicted octanol–water partition coefficient (Wildman–Crippen LogP) is 2.38. The number of nitrogens with two attached hydrogens (primary N) is 1. The molecule has 0 heterocycles. The van der Waals surface area contributed by atoms with Crippen LogP contribution >= 0.6 is 0 Å². The third-order valence-electron chi connectivity index (χ3n) is 2.94. The van der Waals surface area contributed by atoms with E-state index in [1.165, 1.54) is 12.1 Å². The third kappa shape index (κ3) is 3.81. The van der Waals surface area contributed by atoms with E-state index >= 15 is 0 Å². The van der Waals surface area contributed by atoms with Crippen molar-refractivity contribution < 1.29 is 9.18 Å². The summed E-state index contributed by atoms with van der Waals surface area (Å²) in [7, 11) is 0. The number of hydrogen-bond acceptors (Lipinski definition) is 2. The lowest BCUT2D eigenvalue weighted by atomic mass is 9.86. The Morgan fingerprint density at radius 2 is 1.78 bits per heavy atom. The molecule has 1 aromatic carbocycles. The highest BCUT2D eigenvalue weighted by atomic mass is 19.1. The van der Waals surface area contributed by atoms with Crippen LogP contribution in [0, 0.1) is 11.2 Å². The van der Waals surface area contributed by atoms with E-state index < -0.39 is 6.04 Å². The van der Waals surface area contributed by atoms with Gasteiger partial charge in [0.1, 0.15) is 5.82 Å². The summed E-state index contributed by atoms with van der Waals surface area (Å²) in [4.78, 5) is 11.9. The monoisotopic (exact) mass is 252 g/mol. The maximum Gasteiger partial charge on any atom is 0.237 e. The van der Waals surface area contributed by atoms with Crippen LogP contribution in [0.2, 0.25) is 0 Å². The lowest BCUT2D eigenvalue weighted by Crippen LogP contribution is -2.49. The fourth-order valence-corrected chi connectivity index (χ4v) is 1.53. The van der Waals surface area contributed by atoms with Crippen LogP contribution in [0.15, 0.2) is 24.3 Å². The molecule has 0 fully saturated rings. The first kappa shape index (κ1) is 14.6. The molecule has 0 radical (unpaired) electrons. The van der Waals surface area contributed by atoms with E-state index in [-0.39, 0.29) is 23.2 Å². The van der Waals surface area contributed by atoms with Gasteiger partial charge < -0.3 is 11.1 Å². The normalized spacial score (nSPS) is 15.0. The molecule has 0 aliphatic rings. The number of amides is 1. The number of halogens is 1. The molecule has 100 valence electrons. The molecule has 0 bridgehead atoms. The Bertz CT molecular complexity index is 409. The Morgan fingerprint density at radius 3 is 2.22 bits per heavy atom. The molecule has 0 spiro atoms. The van der Waals surface area contributed by atoms with Gasteiger partial charge in [-0.1, -0.05) is 32.9 Å². The average molecular weight is 252 g/mol. The SMILES string of the molecule is C[C@H](NC(=O)C(N)C(C)(C)C)c1ccc(F)cc1. The smallest absolute Gasteiger partial charge is 0.237 e. The lowest BCUT2D eigenvalue weighted by molar-refractivity contribution is -0.125. The molecule has 1 amide bonds. The second kappa shape index (κ2) is 5.48. The van der Waals surface area contributed by atoms with Gasteiger partial charge in [-0.15, -0.1) is 0 Å². The molecule has 2 atom stereocenters. The Kier molecular flexibility index (Phi) is 4.46. The van der Waals surface area contributed by atoms with Gasteiger partial charge in [0.15, 0.2) is 0 Å². The van der Waals surface area contributed by atoms with Gasteiger partial charge in [-0.05, 0) is 30.0 Å². The fourth-order valence-electron chi connectivity index (χ4n) is 1.53. The van der Waals surface area contributed by atoms with E-state index in [0.29, 0.717) is 0 Å². The van der Waals surface area contributed by atoms with Gasteiger partial charge in [0.25, 0.3) is 0 Å². The maximum atomic E-state index is 12.8. The van der Waals surface area contributed by atoms with Crippen LogP contribution in [0.5, 0.6) is 0 Å². The van der Waals surface area contributed by atoms with Crippen molar-refractivity contribution in [3.05, 3.63) is 35.6 Å². The van der Waals surface area contributed by atoms with Crippen LogP contribution in [-0.4, -0.2) is 11.9 Å². The van der Waals surface area contributed by atoms with E-state index in [0.717, 1.165) is 5.56 Å². The molecule has 18 heavy (non-hydrogen) atoms. The van der Waals surface area contributed by atoms with Crippen molar-refractivity contribution >= 4 is 5.91 Å². The molecular weight excluding hydrogens is 231 g/mol. The van der Waals surface area contributed by atoms with Gasteiger partial charge >= 0.3 is 0 Å². The van der Waals surface area contributed by atoms with Crippen LogP contribution in [0.4, 0.5) is 4.39 Å². The number of hydrogen-bond donors (Lipinski definition) is 2. The summed E-state index contributed by atoms with van der Waals surface area (Å²) >= 11 is 0. The van der Waals surface area contributed by atoms with Crippen LogP contribution in [0.25, 0.3) is 0 Å². The van der Waals surface area contributed by atoms with Crippen LogP contribution in [-0.2, 0) is 4.79 Å². The maximum absolute atomic E-state index is 12.8. The number of carbonyl (C=O) groups excluding carboxylic acids is 1. The highest BCUT2D eigenvalue weighted by molar-refractivity contribution is 5.82. The van der Waals surface area contributed by atoms with Crippen LogP contribution in [0.1, 0.15) is 39.3 Å². The van der Waals surface area contributed by atoms with E-state index in [2.05, 4.69) is 5.32 Å². The summed E-state index contributed by atoms with van der Waals surface area (Å²) in [6.07, 6.45) is 0. The molecule has 0 saturated carbocycles. The van der Waals surface area contributed by atoms with E-state index in [4.69, 9.17) is 5.73 Å². The van der Waals surface area contributed by atoms with Crippen molar-refractivity contribution in [1.82, 2.24) is 5.32 Å². The van der Waals surface area contributed by atoms with Crippen molar-refractivity contribution in [3.8, 4) is 0 Å². The quantitative estimate of drug-likeness (QED) is 0.867. The van der Waals surface area contributed by atoms with E-state index in [1.807, 2.05) is 27.7 Å². The van der Waals surface area contributed by atoms with Crippen molar-refractivity contribution in [2.45, 2.75) is 39.8 Å². The second-order valence-electron chi connectivity index (χ2n) is 5.63. The molecule has 3 N–H and O–H groups in total. The van der Waals surface area contributed by atoms with Crippen molar-refractivity contribution in [2.24, 2.45) is 11.1 Å². The molecule has 1 rings (SSSR count). The molecule has 1 aromatic rings. The highest BCUT2D eigenvalue weighted by Gasteiger charge is 2.28. The van der Waals surface area contributed by atoms with Gasteiger partial charge in [-0.2, -0.15) is 0 Å². The van der Waals surface area contributed by atoms with E-state index in [9.17, 15) is 9.18 Å². The zero-order chi connectivity index (χ0) is 13.9. The summed E-state index contributed by atoms with van der Waals surface area (Å²) in [5.74, 6) is -0.483. The minimum absolute atomic E-state index is 0.188. The lowest BCUT2D eigenvalue weighted by Gasteiger charge is -2.27. The molecule has 1 unspecified atom stereocenters. The van der Waals surface area contributed by atoms with Crippen molar-refractivity contribution in [2.75, 3.05) is 0 Å². The van der Waals surface area contributed by atoms with Crippen LogP contribution in [0.3, 0.4) is 0 Å². The summed E-state index contributed by atoms with van der Waals surface area (Å²) in [5, 5.41) is 2.84. The standard InChI is InChI=1S/C14H21FN2O/c1-9(10-5-7-11(15)8-6-10)17-13(18)12(16)14(2,3)4/h5-9,12H,16H2,1-4H3,(H,17,18)/t9-,12?/m0/s1. The first-order valence-corrected chi connectivity index (χ1v) is 6.03. The third-order valence-corrected chi connectivity index (χ3v) is 2.94. The predicted molar refractivity (Wildman–Crippen MR) is 70.4 cm³/mol. The van der Waals surface area contributed by atoms with Gasteiger partial charge in [0.2, 0.25) is 5.91 Å². The Labute approximate surface area is 108 Å². The summed E-state index contributed by atoms with van der Waals surface area (Å²) in [6, 6.07) is 5.31. The summed E-state index contributed by atoms with van der Waals surface area (Å²) in [5.41, 5.74) is 6.44. The summed E-state index contributed by atoms with van der Waals surface area (Å²) in [6.45, 7) is 7.60. The number of rotatable bonds is 3. The zero-order valence-corrected chi connectivity index (χ0v) is 11.3. The van der Waals surface area contributed by atoms with Gasteiger partial charge in [0, 0.05) is 0 Å². The number of nitrogens with one attached hydrogen (secondary N) is 1. The fraction of sp³-hybridized carbons (Fsp3) is 0.500. The Hall–Kier alpha value is -1.42. The van der Waals surface area contributed by atoms with Gasteiger partial charge in [0.05, 0.1) is 12.1 Å². The molecule has 0 aromatic heterocycles. The molecule has 4 heteroatoms. The Balaban J connectivity index is 2.68. The van der Waals surface area contributed by atoms with Gasteiger partial charge in [-0.3, -0.25) is 4.79 Å². The van der Waals surface area contributed by atoms with Gasteiger partial charge in [-0.25, -0.2) is 4.39 Å². The molecule has 0 aliphatic carbocycles. The molecule has 3 nitrogen and oxygen atoms in total. The van der Waals surface area contributed by atoms with E-state index in [1.54, 1.807) is 12.1 Å². The van der Waals surface area contributed by atoms with Crippen LogP contribution < -0.4 is 11.1 Å². The Morgan fingerprint density at radius 1 is 1.28 bits per heavy atom. The average Bonchev–Trinajstić information content (AvgIpc) is 2.27. The zero-order valence-electron chi connectivity index (χ0n) is 11.3. The molecule has 0 aliphatic heterocycles. The number of carbonyl (C=O) groups is 1. The topological polar surface area (TPSA) is 55.1 Å². The summed E-state index contributed by atoms with van der Waals surface area (Å²) < 4.78 is 12.8. The first-order valence-electron chi connectivity index (χ1n) is 6.03. The molecule has 0 saturated heterocycles. The van der Waals surface area contributed by atoms with Crippen molar-refractivity contribution in [1.29, 1.82) is 0 Å².